The lowest BCUT2D eigenvalue weighted by atomic mass is 10.1. The van der Waals surface area contributed by atoms with Crippen LogP contribution in [0.15, 0.2) is 83.2 Å². The molecule has 0 aliphatic carbocycles. The van der Waals surface area contributed by atoms with Gasteiger partial charge in [-0.15, -0.1) is 0 Å². The van der Waals surface area contributed by atoms with Crippen LogP contribution in [-0.4, -0.2) is 22.7 Å². The first kappa shape index (κ1) is 20.2. The fourth-order valence-corrected chi connectivity index (χ4v) is 3.91. The van der Waals surface area contributed by atoms with E-state index in [4.69, 9.17) is 9.47 Å². The Balaban J connectivity index is 1.63. The molecule has 32 heavy (non-hydrogen) atoms. The minimum atomic E-state index is -0.497. The third kappa shape index (κ3) is 3.61. The molecule has 0 saturated heterocycles. The number of para-hydroxylation sites is 1. The Labute approximate surface area is 191 Å². The summed E-state index contributed by atoms with van der Waals surface area (Å²) in [6.45, 7) is 0. The second-order valence-corrected chi connectivity index (χ2v) is 8.06. The van der Waals surface area contributed by atoms with E-state index in [0.717, 1.165) is 10.2 Å². The van der Waals surface area contributed by atoms with Gasteiger partial charge in [-0.05, 0) is 54.6 Å². The topological polar surface area (TPSA) is 53.4 Å². The third-order valence-corrected chi connectivity index (χ3v) is 5.60. The Bertz CT molecular complexity index is 1380. The molecule has 0 amide bonds. The maximum Gasteiger partial charge on any atom is 0.232 e. The van der Waals surface area contributed by atoms with Crippen LogP contribution < -0.4 is 9.47 Å². The van der Waals surface area contributed by atoms with Crippen molar-refractivity contribution in [3.8, 4) is 28.4 Å². The quantitative estimate of drug-likeness (QED) is 0.326. The zero-order valence-corrected chi connectivity index (χ0v) is 18.5. The van der Waals surface area contributed by atoms with E-state index < -0.39 is 5.82 Å². The van der Waals surface area contributed by atoms with Crippen molar-refractivity contribution in [3.05, 3.63) is 100 Å². The molecule has 158 valence electrons. The fourth-order valence-electron chi connectivity index (χ4n) is 3.55. The number of ketones is 1. The predicted octanol–water partition coefficient (Wildman–Crippen LogP) is 6.07. The summed E-state index contributed by atoms with van der Waals surface area (Å²) in [5.41, 5.74) is 3.00. The third-order valence-electron chi connectivity index (χ3n) is 5.11. The number of benzene rings is 3. The smallest absolute Gasteiger partial charge is 0.232 e. The average molecular weight is 491 g/mol. The van der Waals surface area contributed by atoms with Gasteiger partial charge in [0.15, 0.2) is 17.3 Å². The standard InChI is InChI=1S/C25H16BrFN2O3/c1-31-22-9-7-15(11-20(22)27)24-16(14-29(28-24)18-5-3-2-4-6-18)12-23-25(30)19-13-17(26)8-10-21(19)32-23/h2-14H,1H3/b23-12-. The first-order valence-corrected chi connectivity index (χ1v) is 10.6. The summed E-state index contributed by atoms with van der Waals surface area (Å²) in [5, 5.41) is 4.67. The van der Waals surface area contributed by atoms with Gasteiger partial charge in [0, 0.05) is 21.8 Å². The number of hydrogen-bond acceptors (Lipinski definition) is 4. The molecule has 0 bridgehead atoms. The second kappa shape index (κ2) is 8.09. The molecule has 5 nitrogen and oxygen atoms in total. The minimum absolute atomic E-state index is 0.145. The van der Waals surface area contributed by atoms with Crippen LogP contribution >= 0.6 is 15.9 Å². The number of carbonyl (C=O) groups is 1. The van der Waals surface area contributed by atoms with E-state index in [1.807, 2.05) is 36.4 Å². The Kier molecular flexibility index (Phi) is 5.11. The van der Waals surface area contributed by atoms with Crippen molar-refractivity contribution in [2.24, 2.45) is 0 Å². The lowest BCUT2D eigenvalue weighted by molar-refractivity contribution is 0.101. The van der Waals surface area contributed by atoms with Crippen molar-refractivity contribution in [1.29, 1.82) is 0 Å². The number of methoxy groups -OCH3 is 1. The number of rotatable bonds is 4. The molecule has 0 atom stereocenters. The van der Waals surface area contributed by atoms with E-state index in [-0.39, 0.29) is 17.3 Å². The molecule has 0 N–H and O–H groups in total. The summed E-state index contributed by atoms with van der Waals surface area (Å²) >= 11 is 3.38. The van der Waals surface area contributed by atoms with Crippen LogP contribution in [0.4, 0.5) is 4.39 Å². The van der Waals surface area contributed by atoms with E-state index in [1.165, 1.54) is 13.2 Å². The van der Waals surface area contributed by atoms with E-state index in [0.29, 0.717) is 28.1 Å². The zero-order chi connectivity index (χ0) is 22.2. The summed E-state index contributed by atoms with van der Waals surface area (Å²) < 4.78 is 27.7. The van der Waals surface area contributed by atoms with Crippen LogP contribution in [0.3, 0.4) is 0 Å². The van der Waals surface area contributed by atoms with E-state index in [2.05, 4.69) is 21.0 Å². The highest BCUT2D eigenvalue weighted by atomic mass is 79.9. The molecule has 7 heteroatoms. The molecular weight excluding hydrogens is 475 g/mol. The fraction of sp³-hybridized carbons (Fsp3) is 0.0400. The largest absolute Gasteiger partial charge is 0.494 e. The van der Waals surface area contributed by atoms with Gasteiger partial charge in [-0.2, -0.15) is 5.10 Å². The van der Waals surface area contributed by atoms with Gasteiger partial charge in [-0.1, -0.05) is 34.1 Å². The molecule has 1 aliphatic rings. The van der Waals surface area contributed by atoms with Crippen molar-refractivity contribution in [1.82, 2.24) is 9.78 Å². The molecule has 0 spiro atoms. The molecule has 0 unspecified atom stereocenters. The van der Waals surface area contributed by atoms with Crippen molar-refractivity contribution in [2.75, 3.05) is 7.11 Å². The lowest BCUT2D eigenvalue weighted by Crippen LogP contribution is -1.98. The SMILES string of the molecule is COc1ccc(-c2nn(-c3ccccc3)cc2/C=C2\Oc3ccc(Br)cc3C2=O)cc1F. The van der Waals surface area contributed by atoms with Crippen LogP contribution in [0.1, 0.15) is 15.9 Å². The van der Waals surface area contributed by atoms with Crippen LogP contribution in [0.25, 0.3) is 23.0 Å². The summed E-state index contributed by atoms with van der Waals surface area (Å²) in [6.07, 6.45) is 3.43. The molecule has 2 heterocycles. The number of nitrogens with zero attached hydrogens (tertiary/aromatic N) is 2. The number of aromatic nitrogens is 2. The molecule has 3 aromatic carbocycles. The van der Waals surface area contributed by atoms with Gasteiger partial charge >= 0.3 is 0 Å². The molecule has 1 aliphatic heterocycles. The summed E-state index contributed by atoms with van der Waals surface area (Å²) in [6, 6.07) is 19.5. The van der Waals surface area contributed by atoms with Gasteiger partial charge in [0.1, 0.15) is 11.4 Å². The van der Waals surface area contributed by atoms with Gasteiger partial charge in [0.25, 0.3) is 0 Å². The van der Waals surface area contributed by atoms with Crippen LogP contribution in [0.5, 0.6) is 11.5 Å². The van der Waals surface area contributed by atoms with Crippen molar-refractivity contribution in [3.63, 3.8) is 0 Å². The highest BCUT2D eigenvalue weighted by Crippen LogP contribution is 2.35. The second-order valence-electron chi connectivity index (χ2n) is 7.14. The first-order valence-electron chi connectivity index (χ1n) is 9.76. The monoisotopic (exact) mass is 490 g/mol. The van der Waals surface area contributed by atoms with Gasteiger partial charge in [-0.3, -0.25) is 4.79 Å². The number of fused-ring (bicyclic) bond motifs is 1. The number of allylic oxidation sites excluding steroid dienone is 1. The number of ether oxygens (including phenoxy) is 2. The molecular formula is C25H16BrFN2O3. The molecule has 0 saturated carbocycles. The maximum atomic E-state index is 14.4. The van der Waals surface area contributed by atoms with Crippen LogP contribution in [0, 0.1) is 5.82 Å². The molecule has 0 radical (unpaired) electrons. The summed E-state index contributed by atoms with van der Waals surface area (Å²) in [5.74, 6) is 0.105. The maximum absolute atomic E-state index is 14.4. The van der Waals surface area contributed by atoms with E-state index in [9.17, 15) is 9.18 Å². The van der Waals surface area contributed by atoms with Crippen molar-refractivity contribution >= 4 is 27.8 Å². The summed E-state index contributed by atoms with van der Waals surface area (Å²) in [7, 11) is 1.41. The van der Waals surface area contributed by atoms with E-state index in [1.54, 1.807) is 41.2 Å². The van der Waals surface area contributed by atoms with Gasteiger partial charge in [-0.25, -0.2) is 9.07 Å². The van der Waals surface area contributed by atoms with Gasteiger partial charge < -0.3 is 9.47 Å². The zero-order valence-electron chi connectivity index (χ0n) is 16.9. The Hall–Kier alpha value is -3.71. The molecule has 4 aromatic rings. The molecule has 0 fully saturated rings. The molecule has 1 aromatic heterocycles. The Morgan fingerprint density at radius 3 is 2.66 bits per heavy atom. The predicted molar refractivity (Wildman–Crippen MR) is 123 cm³/mol. The lowest BCUT2D eigenvalue weighted by Gasteiger charge is -2.05. The minimum Gasteiger partial charge on any atom is -0.494 e. The first-order chi connectivity index (χ1) is 15.5. The number of carbonyl (C=O) groups excluding carboxylic acids is 1. The van der Waals surface area contributed by atoms with E-state index >= 15 is 0 Å². The highest BCUT2D eigenvalue weighted by molar-refractivity contribution is 9.10. The van der Waals surface area contributed by atoms with Gasteiger partial charge in [0.05, 0.1) is 18.4 Å². The molecule has 5 rings (SSSR count). The van der Waals surface area contributed by atoms with Crippen LogP contribution in [-0.2, 0) is 0 Å². The average Bonchev–Trinajstić information content (AvgIpc) is 3.36. The Morgan fingerprint density at radius 1 is 1.09 bits per heavy atom. The highest BCUT2D eigenvalue weighted by Gasteiger charge is 2.28. The van der Waals surface area contributed by atoms with Gasteiger partial charge in [0.2, 0.25) is 5.78 Å². The Morgan fingerprint density at radius 2 is 1.91 bits per heavy atom. The number of halogens is 2. The van der Waals surface area contributed by atoms with Crippen molar-refractivity contribution in [2.45, 2.75) is 0 Å². The number of Topliss-reactive ketones (excluding diaryl/α,β-unsaturated/α-hetero) is 1. The normalized spacial score (nSPS) is 13.8. The number of hydrogen-bond donors (Lipinski definition) is 0. The summed E-state index contributed by atoms with van der Waals surface area (Å²) in [4.78, 5) is 12.9. The van der Waals surface area contributed by atoms with Crippen LogP contribution in [0.2, 0.25) is 0 Å². The van der Waals surface area contributed by atoms with Crippen molar-refractivity contribution < 1.29 is 18.7 Å².